The number of halogens is 1. The van der Waals surface area contributed by atoms with E-state index in [0.29, 0.717) is 12.5 Å². The highest BCUT2D eigenvalue weighted by molar-refractivity contribution is 9.10. The van der Waals surface area contributed by atoms with Crippen LogP contribution in [-0.4, -0.2) is 21.7 Å². The molecule has 0 spiro atoms. The number of hydrogen-bond acceptors (Lipinski definition) is 2. The fourth-order valence-electron chi connectivity index (χ4n) is 2.67. The Hall–Kier alpha value is -1.62. The fourth-order valence-corrected chi connectivity index (χ4v) is 3.09. The van der Waals surface area contributed by atoms with Gasteiger partial charge < -0.3 is 5.32 Å². The van der Waals surface area contributed by atoms with Gasteiger partial charge in [0.2, 0.25) is 5.91 Å². The highest BCUT2D eigenvalue weighted by Gasteiger charge is 2.44. The van der Waals surface area contributed by atoms with Crippen molar-refractivity contribution in [3.8, 4) is 0 Å². The molecule has 1 fully saturated rings. The highest BCUT2D eigenvalue weighted by atomic mass is 79.9. The predicted octanol–water partition coefficient (Wildman–Crippen LogP) is 2.95. The molecule has 21 heavy (non-hydrogen) atoms. The summed E-state index contributed by atoms with van der Waals surface area (Å²) in [6, 6.07) is 10.2. The molecule has 3 atom stereocenters. The van der Waals surface area contributed by atoms with Gasteiger partial charge in [-0.2, -0.15) is 5.10 Å². The first-order chi connectivity index (χ1) is 10.1. The lowest BCUT2D eigenvalue weighted by Gasteiger charge is -2.14. The van der Waals surface area contributed by atoms with Crippen molar-refractivity contribution in [2.45, 2.75) is 31.8 Å². The quantitative estimate of drug-likeness (QED) is 0.903. The van der Waals surface area contributed by atoms with Crippen molar-refractivity contribution in [1.82, 2.24) is 15.1 Å². The van der Waals surface area contributed by atoms with Gasteiger partial charge in [0.15, 0.2) is 0 Å². The summed E-state index contributed by atoms with van der Waals surface area (Å²) < 4.78 is 2.90. The van der Waals surface area contributed by atoms with Crippen LogP contribution in [0, 0.1) is 5.92 Å². The Kier molecular flexibility index (Phi) is 4.10. The van der Waals surface area contributed by atoms with Crippen molar-refractivity contribution in [3.63, 3.8) is 0 Å². The van der Waals surface area contributed by atoms with Crippen LogP contribution < -0.4 is 5.32 Å². The monoisotopic (exact) mass is 347 g/mol. The summed E-state index contributed by atoms with van der Waals surface area (Å²) >= 11 is 3.48. The van der Waals surface area contributed by atoms with E-state index in [2.05, 4.69) is 38.5 Å². The Morgan fingerprint density at radius 3 is 3.10 bits per heavy atom. The van der Waals surface area contributed by atoms with Gasteiger partial charge in [0, 0.05) is 28.8 Å². The normalized spacial score (nSPS) is 21.8. The molecule has 110 valence electrons. The Bertz CT molecular complexity index is 626. The van der Waals surface area contributed by atoms with E-state index in [1.807, 2.05) is 36.0 Å². The molecule has 1 aromatic carbocycles. The van der Waals surface area contributed by atoms with Crippen molar-refractivity contribution in [1.29, 1.82) is 0 Å². The number of hydrogen-bond donors (Lipinski definition) is 1. The first kappa shape index (κ1) is 14.3. The summed E-state index contributed by atoms with van der Waals surface area (Å²) in [7, 11) is 0. The SMILES string of the molecule is C[C@H](Cn1cccn1)NC(=O)[C@@H]1C[C@H]1c1cccc(Br)c1. The van der Waals surface area contributed by atoms with Gasteiger partial charge >= 0.3 is 0 Å². The molecule has 1 heterocycles. The van der Waals surface area contributed by atoms with E-state index in [4.69, 9.17) is 0 Å². The lowest BCUT2D eigenvalue weighted by molar-refractivity contribution is -0.123. The van der Waals surface area contributed by atoms with E-state index < -0.39 is 0 Å². The summed E-state index contributed by atoms with van der Waals surface area (Å²) in [5.74, 6) is 0.624. The zero-order valence-electron chi connectivity index (χ0n) is 11.9. The smallest absolute Gasteiger partial charge is 0.224 e. The Labute approximate surface area is 132 Å². The van der Waals surface area contributed by atoms with E-state index in [-0.39, 0.29) is 17.9 Å². The van der Waals surface area contributed by atoms with Gasteiger partial charge in [-0.15, -0.1) is 0 Å². The maximum Gasteiger partial charge on any atom is 0.224 e. The van der Waals surface area contributed by atoms with Crippen LogP contribution in [0.3, 0.4) is 0 Å². The molecule has 0 saturated heterocycles. The molecule has 4 nitrogen and oxygen atoms in total. The largest absolute Gasteiger partial charge is 0.352 e. The first-order valence-electron chi connectivity index (χ1n) is 7.17. The second-order valence-electron chi connectivity index (χ2n) is 5.64. The Balaban J connectivity index is 1.53. The predicted molar refractivity (Wildman–Crippen MR) is 84.8 cm³/mol. The first-order valence-corrected chi connectivity index (χ1v) is 7.96. The summed E-state index contributed by atoms with van der Waals surface area (Å²) in [5.41, 5.74) is 1.24. The molecule has 3 rings (SSSR count). The lowest BCUT2D eigenvalue weighted by Crippen LogP contribution is -2.37. The van der Waals surface area contributed by atoms with E-state index in [0.717, 1.165) is 10.9 Å². The molecule has 0 unspecified atom stereocenters. The molecular weight excluding hydrogens is 330 g/mol. The number of benzene rings is 1. The van der Waals surface area contributed by atoms with Gasteiger partial charge in [0.05, 0.1) is 6.54 Å². The molecular formula is C16H18BrN3O. The second-order valence-corrected chi connectivity index (χ2v) is 6.56. The number of carbonyl (C=O) groups is 1. The Morgan fingerprint density at radius 1 is 1.52 bits per heavy atom. The zero-order chi connectivity index (χ0) is 14.8. The van der Waals surface area contributed by atoms with Crippen LogP contribution >= 0.6 is 15.9 Å². The third-order valence-corrected chi connectivity index (χ3v) is 4.31. The van der Waals surface area contributed by atoms with E-state index in [1.165, 1.54) is 5.56 Å². The van der Waals surface area contributed by atoms with E-state index in [9.17, 15) is 4.79 Å². The lowest BCUT2D eigenvalue weighted by atomic mass is 10.1. The molecule has 0 aliphatic heterocycles. The van der Waals surface area contributed by atoms with Crippen LogP contribution in [0.15, 0.2) is 47.2 Å². The standard InChI is InChI=1S/C16H18BrN3O/c1-11(10-20-7-3-6-18-20)19-16(21)15-9-14(15)12-4-2-5-13(17)8-12/h2-8,11,14-15H,9-10H2,1H3,(H,19,21)/t11-,14+,15-/m1/s1. The van der Waals surface area contributed by atoms with Crippen LogP contribution in [0.5, 0.6) is 0 Å². The maximum atomic E-state index is 12.3. The number of aromatic nitrogens is 2. The minimum atomic E-state index is 0.0844. The van der Waals surface area contributed by atoms with Crippen LogP contribution in [0.4, 0.5) is 0 Å². The van der Waals surface area contributed by atoms with Gasteiger partial charge in [0.25, 0.3) is 0 Å². The second kappa shape index (κ2) is 6.02. The number of nitrogens with zero attached hydrogens (tertiary/aromatic N) is 2. The molecule has 1 saturated carbocycles. The van der Waals surface area contributed by atoms with Crippen LogP contribution in [-0.2, 0) is 11.3 Å². The fraction of sp³-hybridized carbons (Fsp3) is 0.375. The molecule has 1 amide bonds. The summed E-state index contributed by atoms with van der Waals surface area (Å²) in [4.78, 5) is 12.3. The number of amides is 1. The van der Waals surface area contributed by atoms with Crippen LogP contribution in [0.25, 0.3) is 0 Å². The molecule has 5 heteroatoms. The summed E-state index contributed by atoms with van der Waals surface area (Å²) in [5, 5.41) is 7.24. The van der Waals surface area contributed by atoms with Crippen molar-refractivity contribution in [3.05, 3.63) is 52.8 Å². The van der Waals surface area contributed by atoms with Crippen molar-refractivity contribution in [2.75, 3.05) is 0 Å². The van der Waals surface area contributed by atoms with Gasteiger partial charge in [-0.3, -0.25) is 9.48 Å². The van der Waals surface area contributed by atoms with E-state index in [1.54, 1.807) is 6.20 Å². The summed E-state index contributed by atoms with van der Waals surface area (Å²) in [6.45, 7) is 2.71. The van der Waals surface area contributed by atoms with Gasteiger partial charge in [-0.25, -0.2) is 0 Å². The topological polar surface area (TPSA) is 46.9 Å². The summed E-state index contributed by atoms with van der Waals surface area (Å²) in [6.07, 6.45) is 4.60. The van der Waals surface area contributed by atoms with Crippen molar-refractivity contribution < 1.29 is 4.79 Å². The van der Waals surface area contributed by atoms with Crippen LogP contribution in [0.2, 0.25) is 0 Å². The molecule has 2 aromatic rings. The zero-order valence-corrected chi connectivity index (χ0v) is 13.5. The minimum absolute atomic E-state index is 0.0844. The number of carbonyl (C=O) groups excluding carboxylic acids is 1. The minimum Gasteiger partial charge on any atom is -0.352 e. The maximum absolute atomic E-state index is 12.3. The highest BCUT2D eigenvalue weighted by Crippen LogP contribution is 2.47. The number of rotatable bonds is 5. The molecule has 0 bridgehead atoms. The third kappa shape index (κ3) is 3.53. The van der Waals surface area contributed by atoms with Gasteiger partial charge in [0.1, 0.15) is 0 Å². The van der Waals surface area contributed by atoms with Gasteiger partial charge in [-0.1, -0.05) is 28.1 Å². The number of nitrogens with one attached hydrogen (secondary N) is 1. The van der Waals surface area contributed by atoms with E-state index >= 15 is 0 Å². The Morgan fingerprint density at radius 2 is 2.38 bits per heavy atom. The van der Waals surface area contributed by atoms with Crippen LogP contribution in [0.1, 0.15) is 24.8 Å². The average molecular weight is 348 g/mol. The molecule has 1 aromatic heterocycles. The molecule has 1 aliphatic carbocycles. The molecule has 1 aliphatic rings. The average Bonchev–Trinajstić information content (AvgIpc) is 3.10. The van der Waals surface area contributed by atoms with Gasteiger partial charge in [-0.05, 0) is 43.0 Å². The molecule has 0 radical (unpaired) electrons. The third-order valence-electron chi connectivity index (χ3n) is 3.81. The van der Waals surface area contributed by atoms with Crippen molar-refractivity contribution >= 4 is 21.8 Å². The molecule has 1 N–H and O–H groups in total. The van der Waals surface area contributed by atoms with Crippen molar-refractivity contribution in [2.24, 2.45) is 5.92 Å².